The summed E-state index contributed by atoms with van der Waals surface area (Å²) in [7, 11) is 0. The first-order valence-electron chi connectivity index (χ1n) is 6.89. The van der Waals surface area contributed by atoms with Gasteiger partial charge >= 0.3 is 0 Å². The number of rotatable bonds is 3. The van der Waals surface area contributed by atoms with E-state index in [4.69, 9.17) is 16.3 Å². The van der Waals surface area contributed by atoms with Gasteiger partial charge in [-0.3, -0.25) is 4.90 Å². The van der Waals surface area contributed by atoms with Crippen molar-refractivity contribution in [2.24, 2.45) is 5.92 Å². The zero-order valence-electron chi connectivity index (χ0n) is 11.1. The molecule has 0 bridgehead atoms. The Morgan fingerprint density at radius 1 is 1.24 bits per heavy atom. The third kappa shape index (κ3) is 3.82. The number of hydrogen-bond acceptors (Lipinski definition) is 3. The van der Waals surface area contributed by atoms with E-state index < -0.39 is 0 Å². The fraction of sp³-hybridized carbons (Fsp3) is 1.00. The molecule has 0 N–H and O–H groups in total. The van der Waals surface area contributed by atoms with Crippen molar-refractivity contribution in [2.75, 3.05) is 45.9 Å². The van der Waals surface area contributed by atoms with Gasteiger partial charge in [0.05, 0.1) is 12.7 Å². The van der Waals surface area contributed by atoms with Gasteiger partial charge in [0.1, 0.15) is 0 Å². The maximum absolute atomic E-state index is 6.25. The van der Waals surface area contributed by atoms with Crippen LogP contribution in [0.2, 0.25) is 0 Å². The topological polar surface area (TPSA) is 15.7 Å². The van der Waals surface area contributed by atoms with E-state index in [0.29, 0.717) is 17.4 Å². The summed E-state index contributed by atoms with van der Waals surface area (Å²) in [5.41, 5.74) is 0. The minimum Gasteiger partial charge on any atom is -0.374 e. The van der Waals surface area contributed by atoms with E-state index in [1.54, 1.807) is 0 Å². The lowest BCUT2D eigenvalue weighted by atomic mass is 9.99. The monoisotopic (exact) mass is 260 g/mol. The normalized spacial score (nSPS) is 37.2. The van der Waals surface area contributed by atoms with Gasteiger partial charge < -0.3 is 9.64 Å². The summed E-state index contributed by atoms with van der Waals surface area (Å²) in [4.78, 5) is 5.00. The molecule has 0 aromatic carbocycles. The predicted molar refractivity (Wildman–Crippen MR) is 71.7 cm³/mol. The van der Waals surface area contributed by atoms with Crippen molar-refractivity contribution >= 4 is 11.6 Å². The summed E-state index contributed by atoms with van der Waals surface area (Å²) in [5.74, 6) is 0.608. The van der Waals surface area contributed by atoms with E-state index in [1.807, 2.05) is 0 Å². The zero-order chi connectivity index (χ0) is 12.3. The fourth-order valence-corrected chi connectivity index (χ4v) is 3.01. The molecule has 0 spiro atoms. The SMILES string of the molecule is CCN1CCOC(CN2CCC(Cl)C(C)C2)C1. The molecule has 2 aliphatic rings. The second kappa shape index (κ2) is 6.37. The third-order valence-corrected chi connectivity index (χ3v) is 4.67. The highest BCUT2D eigenvalue weighted by molar-refractivity contribution is 6.20. The standard InChI is InChI=1S/C13H25ClN2O/c1-3-15-6-7-17-12(9-15)10-16-5-4-13(14)11(2)8-16/h11-13H,3-10H2,1-2H3. The highest BCUT2D eigenvalue weighted by Crippen LogP contribution is 2.22. The number of hydrogen-bond donors (Lipinski definition) is 0. The lowest BCUT2D eigenvalue weighted by molar-refractivity contribution is -0.0456. The molecule has 17 heavy (non-hydrogen) atoms. The summed E-state index contributed by atoms with van der Waals surface area (Å²) in [6.45, 7) is 12.0. The van der Waals surface area contributed by atoms with Crippen molar-refractivity contribution in [2.45, 2.75) is 31.7 Å². The second-order valence-corrected chi connectivity index (χ2v) is 5.99. The molecule has 0 amide bonds. The van der Waals surface area contributed by atoms with E-state index >= 15 is 0 Å². The Balaban J connectivity index is 1.76. The van der Waals surface area contributed by atoms with E-state index in [2.05, 4.69) is 23.6 Å². The quantitative estimate of drug-likeness (QED) is 0.718. The maximum atomic E-state index is 6.25. The first-order chi connectivity index (χ1) is 8.19. The van der Waals surface area contributed by atoms with Crippen molar-refractivity contribution in [1.29, 1.82) is 0 Å². The Morgan fingerprint density at radius 2 is 2.06 bits per heavy atom. The van der Waals surface area contributed by atoms with Crippen LogP contribution in [-0.2, 0) is 4.74 Å². The van der Waals surface area contributed by atoms with Crippen molar-refractivity contribution < 1.29 is 4.74 Å². The van der Waals surface area contributed by atoms with E-state index in [-0.39, 0.29) is 0 Å². The van der Waals surface area contributed by atoms with E-state index in [9.17, 15) is 0 Å². The van der Waals surface area contributed by atoms with Gasteiger partial charge in [0.25, 0.3) is 0 Å². The molecule has 2 rings (SSSR count). The molecule has 2 saturated heterocycles. The van der Waals surface area contributed by atoms with Gasteiger partial charge in [0.2, 0.25) is 0 Å². The van der Waals surface area contributed by atoms with Gasteiger partial charge in [0.15, 0.2) is 0 Å². The number of ether oxygens (including phenoxy) is 1. The highest BCUT2D eigenvalue weighted by atomic mass is 35.5. The highest BCUT2D eigenvalue weighted by Gasteiger charge is 2.27. The summed E-state index contributed by atoms with van der Waals surface area (Å²) in [5, 5.41) is 0.366. The van der Waals surface area contributed by atoms with Gasteiger partial charge in [-0.25, -0.2) is 0 Å². The lowest BCUT2D eigenvalue weighted by Gasteiger charge is -2.39. The van der Waals surface area contributed by atoms with Crippen molar-refractivity contribution in [3.8, 4) is 0 Å². The first kappa shape index (κ1) is 13.6. The second-order valence-electron chi connectivity index (χ2n) is 5.43. The van der Waals surface area contributed by atoms with Crippen molar-refractivity contribution in [3.63, 3.8) is 0 Å². The molecule has 0 aliphatic carbocycles. The van der Waals surface area contributed by atoms with Crippen molar-refractivity contribution in [3.05, 3.63) is 0 Å². The number of halogens is 1. The van der Waals surface area contributed by atoms with Gasteiger partial charge in [-0.15, -0.1) is 11.6 Å². The van der Waals surface area contributed by atoms with Gasteiger partial charge in [-0.2, -0.15) is 0 Å². The molecule has 2 fully saturated rings. The lowest BCUT2D eigenvalue weighted by Crippen LogP contribution is -2.50. The molecule has 2 heterocycles. The van der Waals surface area contributed by atoms with Crippen LogP contribution in [0.15, 0.2) is 0 Å². The first-order valence-corrected chi connectivity index (χ1v) is 7.33. The smallest absolute Gasteiger partial charge is 0.0829 e. The molecular formula is C13H25ClN2O. The molecule has 4 heteroatoms. The van der Waals surface area contributed by atoms with E-state index in [0.717, 1.165) is 52.3 Å². The van der Waals surface area contributed by atoms with Gasteiger partial charge in [0, 0.05) is 31.6 Å². The minimum atomic E-state index is 0.366. The van der Waals surface area contributed by atoms with Gasteiger partial charge in [-0.05, 0) is 25.4 Å². The van der Waals surface area contributed by atoms with Crippen LogP contribution in [0.25, 0.3) is 0 Å². The zero-order valence-corrected chi connectivity index (χ0v) is 11.8. The van der Waals surface area contributed by atoms with Crippen LogP contribution in [0.4, 0.5) is 0 Å². The molecule has 0 aromatic heterocycles. The molecule has 0 aromatic rings. The molecular weight excluding hydrogens is 236 g/mol. The fourth-order valence-electron chi connectivity index (χ4n) is 2.84. The van der Waals surface area contributed by atoms with Crippen LogP contribution in [-0.4, -0.2) is 67.2 Å². The largest absolute Gasteiger partial charge is 0.374 e. The number of alkyl halides is 1. The molecule has 0 saturated carbocycles. The van der Waals surface area contributed by atoms with Crippen molar-refractivity contribution in [1.82, 2.24) is 9.80 Å². The number of nitrogens with zero attached hydrogens (tertiary/aromatic N) is 2. The molecule has 3 unspecified atom stereocenters. The molecule has 3 nitrogen and oxygen atoms in total. The summed E-state index contributed by atoms with van der Waals surface area (Å²) >= 11 is 6.25. The Kier molecular flexibility index (Phi) is 5.10. The Morgan fingerprint density at radius 3 is 2.76 bits per heavy atom. The Hall–Kier alpha value is 0.170. The average molecular weight is 261 g/mol. The molecule has 100 valence electrons. The van der Waals surface area contributed by atoms with Crippen LogP contribution in [0.1, 0.15) is 20.3 Å². The number of piperidine rings is 1. The van der Waals surface area contributed by atoms with Crippen LogP contribution in [0.5, 0.6) is 0 Å². The van der Waals surface area contributed by atoms with Crippen LogP contribution in [0.3, 0.4) is 0 Å². The minimum absolute atomic E-state index is 0.366. The molecule has 0 radical (unpaired) electrons. The Labute approximate surface area is 110 Å². The molecule has 3 atom stereocenters. The van der Waals surface area contributed by atoms with Crippen LogP contribution >= 0.6 is 11.6 Å². The third-order valence-electron chi connectivity index (χ3n) is 4.02. The van der Waals surface area contributed by atoms with Gasteiger partial charge in [-0.1, -0.05) is 13.8 Å². The summed E-state index contributed by atoms with van der Waals surface area (Å²) in [6, 6.07) is 0. The van der Waals surface area contributed by atoms with E-state index in [1.165, 1.54) is 0 Å². The number of morpholine rings is 1. The predicted octanol–water partition coefficient (Wildman–Crippen LogP) is 1.66. The van der Waals surface area contributed by atoms with Crippen LogP contribution in [0, 0.1) is 5.92 Å². The summed E-state index contributed by atoms with van der Waals surface area (Å²) in [6.07, 6.45) is 1.51. The molecule has 2 aliphatic heterocycles. The van der Waals surface area contributed by atoms with Crippen LogP contribution < -0.4 is 0 Å². The number of likely N-dealkylation sites (N-methyl/N-ethyl adjacent to an activating group) is 1. The summed E-state index contributed by atoms with van der Waals surface area (Å²) < 4.78 is 5.86. The Bertz CT molecular complexity index is 235. The average Bonchev–Trinajstić information content (AvgIpc) is 2.34. The number of likely N-dealkylation sites (tertiary alicyclic amines) is 1. The maximum Gasteiger partial charge on any atom is 0.0829 e.